The third-order valence-corrected chi connectivity index (χ3v) is 1.56. The molecule has 1 aromatic heterocycles. The average molecular weight is 145 g/mol. The summed E-state index contributed by atoms with van der Waals surface area (Å²) >= 11 is 0. The monoisotopic (exact) mass is 145 g/mol. The summed E-state index contributed by atoms with van der Waals surface area (Å²) in [5.74, 6) is 0. The number of fused-ring (bicyclic) bond motifs is 1. The lowest BCUT2D eigenvalue weighted by molar-refractivity contribution is 1.07. The van der Waals surface area contributed by atoms with Crippen molar-refractivity contribution in [3.63, 3.8) is 0 Å². The van der Waals surface area contributed by atoms with Crippen molar-refractivity contribution in [2.75, 3.05) is 0 Å². The molecule has 0 fully saturated rings. The van der Waals surface area contributed by atoms with Gasteiger partial charge in [0.2, 0.25) is 0 Å². The van der Waals surface area contributed by atoms with Crippen LogP contribution in [-0.4, -0.2) is 16.2 Å². The molecule has 0 aliphatic carbocycles. The van der Waals surface area contributed by atoms with Crippen LogP contribution in [0.4, 0.5) is 0 Å². The van der Waals surface area contributed by atoms with E-state index < -0.39 is 0 Å². The molecule has 0 amide bonds. The zero-order valence-electron chi connectivity index (χ0n) is 5.94. The maximum Gasteiger partial charge on any atom is 0.115 e. The molecule has 0 bridgehead atoms. The molecule has 1 aliphatic rings. The molecule has 3 heteroatoms. The fourth-order valence-corrected chi connectivity index (χ4v) is 0.999. The number of aliphatic imine (C=N–C) groups is 1. The zero-order valence-corrected chi connectivity index (χ0v) is 5.94. The number of hydrogen-bond acceptors (Lipinski definition) is 3. The zero-order chi connectivity index (χ0) is 7.52. The second-order valence-corrected chi connectivity index (χ2v) is 2.28. The lowest BCUT2D eigenvalue weighted by Gasteiger charge is -1.96. The molecule has 11 heavy (non-hydrogen) atoms. The number of nitrogens with zero attached hydrogens (tertiary/aromatic N) is 3. The maximum absolute atomic E-state index is 4.13. The Bertz CT molecular complexity index is 315. The van der Waals surface area contributed by atoms with Gasteiger partial charge in [0.15, 0.2) is 0 Å². The standard InChI is InChI=1S/C8H7N3/c1-3-9-4-2-8-7(1)5-10-6-11-8/h1,3-6H,2H2. The minimum Gasteiger partial charge on any atom is -0.269 e. The van der Waals surface area contributed by atoms with Crippen LogP contribution in [-0.2, 0) is 6.42 Å². The van der Waals surface area contributed by atoms with Gasteiger partial charge in [0.05, 0.1) is 5.69 Å². The van der Waals surface area contributed by atoms with Gasteiger partial charge in [-0.15, -0.1) is 0 Å². The molecule has 0 spiro atoms. The van der Waals surface area contributed by atoms with Gasteiger partial charge in [-0.05, 0) is 6.08 Å². The van der Waals surface area contributed by atoms with Gasteiger partial charge in [-0.25, -0.2) is 9.97 Å². The van der Waals surface area contributed by atoms with Crippen LogP contribution in [0.2, 0.25) is 0 Å². The Hall–Kier alpha value is -1.51. The Labute approximate surface area is 64.5 Å². The van der Waals surface area contributed by atoms with Crippen molar-refractivity contribution >= 4 is 12.3 Å². The van der Waals surface area contributed by atoms with Crippen molar-refractivity contribution in [3.8, 4) is 0 Å². The second kappa shape index (κ2) is 2.62. The van der Waals surface area contributed by atoms with E-state index >= 15 is 0 Å². The Morgan fingerprint density at radius 1 is 1.36 bits per heavy atom. The van der Waals surface area contributed by atoms with E-state index in [1.165, 1.54) is 0 Å². The van der Waals surface area contributed by atoms with Crippen LogP contribution in [0, 0.1) is 0 Å². The molecule has 0 saturated heterocycles. The molecule has 0 N–H and O–H groups in total. The van der Waals surface area contributed by atoms with Crippen LogP contribution >= 0.6 is 0 Å². The minimum absolute atomic E-state index is 0.796. The predicted octanol–water partition coefficient (Wildman–Crippen LogP) is 1.07. The highest BCUT2D eigenvalue weighted by atomic mass is 14.8. The Morgan fingerprint density at radius 2 is 2.36 bits per heavy atom. The van der Waals surface area contributed by atoms with E-state index in [9.17, 15) is 0 Å². The van der Waals surface area contributed by atoms with Gasteiger partial charge in [-0.3, -0.25) is 4.99 Å². The normalized spacial score (nSPS) is 14.2. The van der Waals surface area contributed by atoms with Gasteiger partial charge < -0.3 is 0 Å². The van der Waals surface area contributed by atoms with Gasteiger partial charge in [0.1, 0.15) is 6.33 Å². The molecule has 54 valence electrons. The van der Waals surface area contributed by atoms with Crippen molar-refractivity contribution < 1.29 is 0 Å². The first-order valence-electron chi connectivity index (χ1n) is 3.44. The molecular formula is C8H7N3. The summed E-state index contributed by atoms with van der Waals surface area (Å²) < 4.78 is 0. The Kier molecular flexibility index (Phi) is 1.48. The fraction of sp³-hybridized carbons (Fsp3) is 0.125. The van der Waals surface area contributed by atoms with Gasteiger partial charge >= 0.3 is 0 Å². The summed E-state index contributed by atoms with van der Waals surface area (Å²) in [6, 6.07) is 0. The van der Waals surface area contributed by atoms with E-state index in [2.05, 4.69) is 15.0 Å². The van der Waals surface area contributed by atoms with Gasteiger partial charge in [-0.1, -0.05) is 0 Å². The average Bonchev–Trinajstić information content (AvgIpc) is 2.28. The first-order valence-corrected chi connectivity index (χ1v) is 3.44. The minimum atomic E-state index is 0.796. The van der Waals surface area contributed by atoms with E-state index in [1.54, 1.807) is 18.7 Å². The maximum atomic E-state index is 4.13. The van der Waals surface area contributed by atoms with Crippen LogP contribution in [0.3, 0.4) is 0 Å². The third-order valence-electron chi connectivity index (χ3n) is 1.56. The first kappa shape index (κ1) is 6.22. The molecule has 0 aromatic carbocycles. The molecule has 1 aliphatic heterocycles. The topological polar surface area (TPSA) is 38.1 Å². The highest BCUT2D eigenvalue weighted by Gasteiger charge is 2.00. The Balaban J connectivity index is 2.52. The number of rotatable bonds is 0. The number of aromatic nitrogens is 2. The van der Waals surface area contributed by atoms with Crippen LogP contribution < -0.4 is 0 Å². The van der Waals surface area contributed by atoms with Crippen molar-refractivity contribution in [2.45, 2.75) is 6.42 Å². The van der Waals surface area contributed by atoms with Crippen LogP contribution in [0.15, 0.2) is 23.7 Å². The van der Waals surface area contributed by atoms with Crippen LogP contribution in [0.5, 0.6) is 0 Å². The van der Waals surface area contributed by atoms with E-state index in [-0.39, 0.29) is 0 Å². The number of hydrogen-bond donors (Lipinski definition) is 0. The van der Waals surface area contributed by atoms with Crippen molar-refractivity contribution in [1.82, 2.24) is 9.97 Å². The summed E-state index contributed by atoms with van der Waals surface area (Å²) in [6.07, 6.45) is 9.67. The second-order valence-electron chi connectivity index (χ2n) is 2.28. The first-order chi connectivity index (χ1) is 5.47. The molecule has 2 rings (SSSR count). The fourth-order valence-electron chi connectivity index (χ4n) is 0.999. The molecule has 1 aromatic rings. The summed E-state index contributed by atoms with van der Waals surface area (Å²) in [6.45, 7) is 0. The molecule has 0 radical (unpaired) electrons. The summed E-state index contributed by atoms with van der Waals surface area (Å²) in [4.78, 5) is 12.1. The lowest BCUT2D eigenvalue weighted by atomic mass is 10.2. The Morgan fingerprint density at radius 3 is 3.36 bits per heavy atom. The van der Waals surface area contributed by atoms with Crippen molar-refractivity contribution in [3.05, 3.63) is 30.0 Å². The molecular weight excluding hydrogens is 138 g/mol. The van der Waals surface area contributed by atoms with E-state index in [0.29, 0.717) is 0 Å². The molecule has 0 unspecified atom stereocenters. The van der Waals surface area contributed by atoms with E-state index in [0.717, 1.165) is 17.7 Å². The third kappa shape index (κ3) is 1.17. The van der Waals surface area contributed by atoms with Crippen molar-refractivity contribution in [2.24, 2.45) is 4.99 Å². The summed E-state index contributed by atoms with van der Waals surface area (Å²) in [5, 5.41) is 0. The smallest absolute Gasteiger partial charge is 0.115 e. The molecule has 3 nitrogen and oxygen atoms in total. The van der Waals surface area contributed by atoms with Crippen LogP contribution in [0.1, 0.15) is 11.3 Å². The van der Waals surface area contributed by atoms with E-state index in [4.69, 9.17) is 0 Å². The van der Waals surface area contributed by atoms with Gasteiger partial charge in [-0.2, -0.15) is 0 Å². The van der Waals surface area contributed by atoms with Crippen LogP contribution in [0.25, 0.3) is 6.08 Å². The van der Waals surface area contributed by atoms with Crippen molar-refractivity contribution in [1.29, 1.82) is 0 Å². The lowest BCUT2D eigenvalue weighted by Crippen LogP contribution is -1.94. The molecule has 2 heterocycles. The van der Waals surface area contributed by atoms with Gasteiger partial charge in [0, 0.05) is 30.6 Å². The van der Waals surface area contributed by atoms with E-state index in [1.807, 2.05) is 12.3 Å². The summed E-state index contributed by atoms with van der Waals surface area (Å²) in [5.41, 5.74) is 2.10. The molecule has 0 saturated carbocycles. The summed E-state index contributed by atoms with van der Waals surface area (Å²) in [7, 11) is 0. The molecule has 0 atom stereocenters. The van der Waals surface area contributed by atoms with Gasteiger partial charge in [0.25, 0.3) is 0 Å². The quantitative estimate of drug-likeness (QED) is 0.547. The highest BCUT2D eigenvalue weighted by molar-refractivity contribution is 5.68. The highest BCUT2D eigenvalue weighted by Crippen LogP contribution is 2.08. The largest absolute Gasteiger partial charge is 0.269 e. The SMILES string of the molecule is C1=Cc2cncnc2CC=N1. The predicted molar refractivity (Wildman–Crippen MR) is 43.3 cm³/mol.